The molecule has 0 saturated carbocycles. The van der Waals surface area contributed by atoms with E-state index < -0.39 is 18.1 Å². The van der Waals surface area contributed by atoms with Crippen molar-refractivity contribution >= 4 is 17.9 Å². The number of esters is 2. The Labute approximate surface area is 359 Å². The van der Waals surface area contributed by atoms with Crippen LogP contribution in [0, 0.1) is 0 Å². The zero-order chi connectivity index (χ0) is 43.5. The van der Waals surface area contributed by atoms with Gasteiger partial charge in [0.2, 0.25) is 0 Å². The molecule has 59 heavy (non-hydrogen) atoms. The zero-order valence-corrected chi connectivity index (χ0v) is 37.4. The third kappa shape index (κ3) is 39.0. The zero-order valence-electron chi connectivity index (χ0n) is 37.4. The molecule has 0 N–H and O–H groups in total. The number of carboxylic acid groups (broad SMARTS) is 1. The van der Waals surface area contributed by atoms with Gasteiger partial charge in [0.05, 0.1) is 40.3 Å². The van der Waals surface area contributed by atoms with E-state index in [4.69, 9.17) is 14.2 Å². The number of ether oxygens (including phenoxy) is 3. The molecule has 0 aliphatic carbocycles. The maximum Gasteiger partial charge on any atom is 0.306 e. The summed E-state index contributed by atoms with van der Waals surface area (Å²) in [6.45, 7) is 4.28. The monoisotopic (exact) mass is 818 g/mol. The third-order valence-electron chi connectivity index (χ3n) is 8.86. The maximum atomic E-state index is 12.7. The number of carboxylic acids is 1. The number of nitrogens with zero attached hydrogens (tertiary/aromatic N) is 1. The number of carbonyl (C=O) groups excluding carboxylic acids is 3. The summed E-state index contributed by atoms with van der Waals surface area (Å²) >= 11 is 0. The molecule has 0 aromatic rings. The number of quaternary nitrogens is 1. The quantitative estimate of drug-likeness (QED) is 0.0266. The predicted octanol–water partition coefficient (Wildman–Crippen LogP) is 10.9. The molecule has 0 rings (SSSR count). The van der Waals surface area contributed by atoms with E-state index in [1.54, 1.807) is 21.1 Å². The molecule has 0 fully saturated rings. The molecule has 0 saturated heterocycles. The summed E-state index contributed by atoms with van der Waals surface area (Å²) in [6, 6.07) is -0.750. The van der Waals surface area contributed by atoms with Crippen LogP contribution in [0.2, 0.25) is 0 Å². The van der Waals surface area contributed by atoms with Crippen molar-refractivity contribution in [2.24, 2.45) is 0 Å². The van der Waals surface area contributed by atoms with Crippen LogP contribution in [-0.4, -0.2) is 75.5 Å². The number of unbranched alkanes of at least 4 members (excludes halogenated alkanes) is 3. The molecule has 0 aliphatic rings. The number of carbonyl (C=O) groups is 3. The molecule has 0 heterocycles. The first-order valence-corrected chi connectivity index (χ1v) is 22.1. The fraction of sp³-hybridized carbons (Fsp3) is 0.549. The molecule has 0 spiro atoms. The van der Waals surface area contributed by atoms with Gasteiger partial charge in [-0.2, -0.15) is 0 Å². The van der Waals surface area contributed by atoms with Crippen molar-refractivity contribution in [2.75, 3.05) is 41.0 Å². The van der Waals surface area contributed by atoms with Crippen molar-refractivity contribution in [1.82, 2.24) is 0 Å². The van der Waals surface area contributed by atoms with Gasteiger partial charge in [-0.1, -0.05) is 142 Å². The van der Waals surface area contributed by atoms with Crippen LogP contribution in [0.15, 0.2) is 122 Å². The van der Waals surface area contributed by atoms with E-state index in [2.05, 4.69) is 123 Å². The molecule has 330 valence electrons. The number of hydrogen-bond acceptors (Lipinski definition) is 7. The lowest BCUT2D eigenvalue weighted by molar-refractivity contribution is -0.889. The fourth-order valence-electron chi connectivity index (χ4n) is 5.50. The van der Waals surface area contributed by atoms with E-state index in [1.807, 2.05) is 12.2 Å². The van der Waals surface area contributed by atoms with Gasteiger partial charge >= 0.3 is 11.9 Å². The molecule has 8 nitrogen and oxygen atoms in total. The van der Waals surface area contributed by atoms with Gasteiger partial charge < -0.3 is 28.6 Å². The van der Waals surface area contributed by atoms with Crippen molar-refractivity contribution in [3.63, 3.8) is 0 Å². The van der Waals surface area contributed by atoms with E-state index >= 15 is 0 Å². The minimum absolute atomic E-state index is 0.00505. The van der Waals surface area contributed by atoms with Crippen LogP contribution in [0.5, 0.6) is 0 Å². The van der Waals surface area contributed by atoms with E-state index in [1.165, 1.54) is 0 Å². The molecular formula is C51H79NO7. The second-order valence-electron chi connectivity index (χ2n) is 15.2. The number of aliphatic carboxylic acids is 1. The maximum absolute atomic E-state index is 12.7. The van der Waals surface area contributed by atoms with Crippen LogP contribution < -0.4 is 5.11 Å². The Balaban J connectivity index is 4.55. The number of likely N-dealkylation sites (N-methyl/N-ethyl adjacent to an activating group) is 1. The SMILES string of the molecule is CC/C=C/C/C=C/C/C=C/C/C=C/C/C=C/C/C=C/CCC(=O)OCC(COCCC(C(=O)[O-])[N+](C)(C)C)OC(=O)CCCCC/C=C/C/C=C/C/C=C/C/C=C/CC. The molecule has 0 radical (unpaired) electrons. The van der Waals surface area contributed by atoms with Crippen molar-refractivity contribution < 1.29 is 38.2 Å². The van der Waals surface area contributed by atoms with Crippen molar-refractivity contribution in [1.29, 1.82) is 0 Å². The standard InChI is InChI=1S/C51H79NO7/c1-6-8-10-12-14-16-18-20-22-24-25-26-28-29-31-33-35-37-39-41-49(53)58-46-47(45-57-44-43-48(51(55)56)52(3,4)5)59-50(54)42-40-38-36-34-32-30-27-23-21-19-17-15-13-11-9-7-2/h8-11,14-17,20-23,25-26,29-32,35,37,47-48H,6-7,12-13,18-19,24,27-28,33-34,36,38-46H2,1-5H3/b10-8+,11-9+,16-14+,17-15+,22-20+,23-21+,26-25+,31-29+,32-30+,37-35+. The Morgan fingerprint density at radius 1 is 0.508 bits per heavy atom. The minimum Gasteiger partial charge on any atom is -0.544 e. The van der Waals surface area contributed by atoms with Crippen LogP contribution in [0.1, 0.15) is 129 Å². The van der Waals surface area contributed by atoms with Gasteiger partial charge in [0.15, 0.2) is 6.10 Å². The largest absolute Gasteiger partial charge is 0.544 e. The molecule has 0 aliphatic heterocycles. The summed E-state index contributed by atoms with van der Waals surface area (Å²) in [7, 11) is 5.36. The molecule has 0 bridgehead atoms. The van der Waals surface area contributed by atoms with E-state index in [-0.39, 0.29) is 55.5 Å². The van der Waals surface area contributed by atoms with Gasteiger partial charge in [-0.15, -0.1) is 0 Å². The second kappa shape index (κ2) is 40.5. The summed E-state index contributed by atoms with van der Waals surface area (Å²) in [5.41, 5.74) is 0. The number of allylic oxidation sites excluding steroid dienone is 20. The van der Waals surface area contributed by atoms with Crippen molar-refractivity contribution in [3.8, 4) is 0 Å². The van der Waals surface area contributed by atoms with E-state index in [0.717, 1.165) is 83.5 Å². The molecule has 0 aromatic heterocycles. The summed E-state index contributed by atoms with van der Waals surface area (Å²) in [5.74, 6) is -1.90. The lowest BCUT2D eigenvalue weighted by atomic mass is 10.1. The average molecular weight is 818 g/mol. The highest BCUT2D eigenvalue weighted by Crippen LogP contribution is 2.10. The lowest BCUT2D eigenvalue weighted by Gasteiger charge is -2.34. The third-order valence-corrected chi connectivity index (χ3v) is 8.86. The Morgan fingerprint density at radius 2 is 0.932 bits per heavy atom. The van der Waals surface area contributed by atoms with Crippen LogP contribution in [0.25, 0.3) is 0 Å². The second-order valence-corrected chi connectivity index (χ2v) is 15.2. The molecule has 0 aromatic carbocycles. The Kier molecular flexibility index (Phi) is 37.6. The lowest BCUT2D eigenvalue weighted by Crippen LogP contribution is -2.55. The summed E-state index contributed by atoms with van der Waals surface area (Å²) < 4.78 is 17.0. The Hall–Kier alpha value is -4.27. The first-order valence-electron chi connectivity index (χ1n) is 22.1. The van der Waals surface area contributed by atoms with Crippen LogP contribution in [0.3, 0.4) is 0 Å². The van der Waals surface area contributed by atoms with Crippen LogP contribution >= 0.6 is 0 Å². The first-order chi connectivity index (χ1) is 28.6. The smallest absolute Gasteiger partial charge is 0.306 e. The highest BCUT2D eigenvalue weighted by molar-refractivity contribution is 5.70. The normalized spacial score (nSPS) is 14.1. The van der Waals surface area contributed by atoms with Gasteiger partial charge in [-0.05, 0) is 89.9 Å². The molecule has 8 heteroatoms. The highest BCUT2D eigenvalue weighted by Gasteiger charge is 2.25. The van der Waals surface area contributed by atoms with Crippen molar-refractivity contribution in [3.05, 3.63) is 122 Å². The summed E-state index contributed by atoms with van der Waals surface area (Å²) in [4.78, 5) is 36.8. The molecule has 2 unspecified atom stereocenters. The first kappa shape index (κ1) is 54.7. The fourth-order valence-corrected chi connectivity index (χ4v) is 5.50. The topological polar surface area (TPSA) is 102 Å². The summed E-state index contributed by atoms with van der Waals surface area (Å²) in [6.07, 6.45) is 56.7. The Bertz CT molecular complexity index is 1370. The highest BCUT2D eigenvalue weighted by atomic mass is 16.6. The predicted molar refractivity (Wildman–Crippen MR) is 244 cm³/mol. The van der Waals surface area contributed by atoms with Gasteiger partial charge in [-0.25, -0.2) is 0 Å². The van der Waals surface area contributed by atoms with Gasteiger partial charge in [0.1, 0.15) is 12.6 Å². The van der Waals surface area contributed by atoms with Crippen LogP contribution in [-0.2, 0) is 28.6 Å². The molecule has 2 atom stereocenters. The van der Waals surface area contributed by atoms with Gasteiger partial charge in [0, 0.05) is 19.3 Å². The van der Waals surface area contributed by atoms with Crippen LogP contribution in [0.4, 0.5) is 0 Å². The molecular weight excluding hydrogens is 739 g/mol. The number of rotatable bonds is 37. The average Bonchev–Trinajstić information content (AvgIpc) is 3.19. The molecule has 0 amide bonds. The van der Waals surface area contributed by atoms with E-state index in [0.29, 0.717) is 12.8 Å². The Morgan fingerprint density at radius 3 is 1.36 bits per heavy atom. The summed E-state index contributed by atoms with van der Waals surface area (Å²) in [5, 5.41) is 11.6. The van der Waals surface area contributed by atoms with E-state index in [9.17, 15) is 19.5 Å². The number of hydrogen-bond donors (Lipinski definition) is 0. The van der Waals surface area contributed by atoms with Crippen molar-refractivity contribution in [2.45, 2.75) is 142 Å². The van der Waals surface area contributed by atoms with Gasteiger partial charge in [0.25, 0.3) is 0 Å². The minimum atomic E-state index is -1.15. The van der Waals surface area contributed by atoms with Gasteiger partial charge in [-0.3, -0.25) is 9.59 Å².